The van der Waals surface area contributed by atoms with E-state index in [-0.39, 0.29) is 5.91 Å². The molecule has 1 aliphatic rings. The van der Waals surface area contributed by atoms with Crippen LogP contribution in [0.15, 0.2) is 12.7 Å². The largest absolute Gasteiger partial charge is 0.339 e. The van der Waals surface area contributed by atoms with E-state index in [0.29, 0.717) is 6.04 Å². The fourth-order valence-electron chi connectivity index (χ4n) is 2.32. The van der Waals surface area contributed by atoms with Crippen LogP contribution in [0.1, 0.15) is 26.7 Å². The minimum Gasteiger partial charge on any atom is -0.339 e. The molecule has 0 spiro atoms. The van der Waals surface area contributed by atoms with Gasteiger partial charge < -0.3 is 9.80 Å². The van der Waals surface area contributed by atoms with E-state index in [0.717, 1.165) is 39.0 Å². The molecule has 1 saturated heterocycles. The Labute approximate surface area is 92.7 Å². The van der Waals surface area contributed by atoms with Crippen molar-refractivity contribution in [2.75, 3.05) is 26.2 Å². The molecule has 1 heterocycles. The molecule has 0 N–H and O–H groups in total. The van der Waals surface area contributed by atoms with Gasteiger partial charge in [-0.1, -0.05) is 20.4 Å². The molecule has 3 nitrogen and oxygen atoms in total. The van der Waals surface area contributed by atoms with E-state index in [9.17, 15) is 4.79 Å². The molecule has 0 radical (unpaired) electrons. The van der Waals surface area contributed by atoms with Crippen molar-refractivity contribution in [1.29, 1.82) is 0 Å². The number of nitrogens with zero attached hydrogens (tertiary/aromatic N) is 2. The Balaban J connectivity index is 2.41. The third kappa shape index (κ3) is 3.06. The van der Waals surface area contributed by atoms with E-state index >= 15 is 0 Å². The monoisotopic (exact) mass is 210 g/mol. The lowest BCUT2D eigenvalue weighted by Crippen LogP contribution is -2.46. The first-order chi connectivity index (χ1) is 7.22. The van der Waals surface area contributed by atoms with Gasteiger partial charge in [0, 0.05) is 19.1 Å². The van der Waals surface area contributed by atoms with Gasteiger partial charge in [0.15, 0.2) is 0 Å². The fourth-order valence-corrected chi connectivity index (χ4v) is 2.32. The lowest BCUT2D eigenvalue weighted by Gasteiger charge is -2.37. The second kappa shape index (κ2) is 5.91. The summed E-state index contributed by atoms with van der Waals surface area (Å²) in [5, 5.41) is 0. The summed E-state index contributed by atoms with van der Waals surface area (Å²) in [6, 6.07) is 0.661. The second-order valence-corrected chi connectivity index (χ2v) is 3.98. The van der Waals surface area contributed by atoms with Crippen LogP contribution in [0, 0.1) is 0 Å². The van der Waals surface area contributed by atoms with Crippen molar-refractivity contribution in [3.63, 3.8) is 0 Å². The van der Waals surface area contributed by atoms with E-state index in [2.05, 4.69) is 25.3 Å². The third-order valence-electron chi connectivity index (χ3n) is 3.28. The van der Waals surface area contributed by atoms with Crippen LogP contribution < -0.4 is 0 Å². The van der Waals surface area contributed by atoms with Crippen molar-refractivity contribution in [2.45, 2.75) is 32.7 Å². The zero-order valence-corrected chi connectivity index (χ0v) is 9.91. The number of piperidine rings is 1. The Morgan fingerprint density at radius 1 is 1.40 bits per heavy atom. The molecule has 0 unspecified atom stereocenters. The maximum atomic E-state index is 11.4. The fraction of sp³-hybridized carbons (Fsp3) is 0.750. The Hall–Kier alpha value is -0.830. The quantitative estimate of drug-likeness (QED) is 0.657. The van der Waals surface area contributed by atoms with E-state index in [1.807, 2.05) is 4.90 Å². The van der Waals surface area contributed by atoms with E-state index in [1.165, 1.54) is 6.08 Å². The summed E-state index contributed by atoms with van der Waals surface area (Å²) in [5.74, 6) is 0.0768. The van der Waals surface area contributed by atoms with Gasteiger partial charge >= 0.3 is 0 Å². The predicted molar refractivity (Wildman–Crippen MR) is 62.7 cm³/mol. The Bertz CT molecular complexity index is 216. The molecule has 3 heteroatoms. The number of rotatable bonds is 4. The van der Waals surface area contributed by atoms with E-state index < -0.39 is 0 Å². The molecule has 86 valence electrons. The van der Waals surface area contributed by atoms with Gasteiger partial charge in [-0.25, -0.2) is 0 Å². The van der Waals surface area contributed by atoms with Gasteiger partial charge in [0.25, 0.3) is 0 Å². The van der Waals surface area contributed by atoms with Crippen molar-refractivity contribution in [2.24, 2.45) is 0 Å². The normalized spacial score (nSPS) is 18.2. The number of hydrogen-bond acceptors (Lipinski definition) is 2. The van der Waals surface area contributed by atoms with Crippen molar-refractivity contribution >= 4 is 5.91 Å². The molecule has 15 heavy (non-hydrogen) atoms. The van der Waals surface area contributed by atoms with E-state index in [1.54, 1.807) is 0 Å². The summed E-state index contributed by atoms with van der Waals surface area (Å²) in [6.45, 7) is 11.9. The molecule has 1 rings (SSSR count). The average molecular weight is 210 g/mol. The van der Waals surface area contributed by atoms with Crippen LogP contribution in [-0.2, 0) is 4.79 Å². The first kappa shape index (κ1) is 12.2. The molecule has 1 fully saturated rings. The Morgan fingerprint density at radius 2 is 1.93 bits per heavy atom. The molecule has 0 bridgehead atoms. The second-order valence-electron chi connectivity index (χ2n) is 3.98. The molecule has 0 aromatic rings. The predicted octanol–water partition coefficient (Wildman–Crippen LogP) is 1.51. The maximum Gasteiger partial charge on any atom is 0.245 e. The highest BCUT2D eigenvalue weighted by Gasteiger charge is 2.24. The molecule has 0 atom stereocenters. The minimum absolute atomic E-state index is 0.0768. The van der Waals surface area contributed by atoms with Crippen molar-refractivity contribution in [3.05, 3.63) is 12.7 Å². The van der Waals surface area contributed by atoms with Gasteiger partial charge in [0.05, 0.1) is 0 Å². The Kier molecular flexibility index (Phi) is 4.82. The van der Waals surface area contributed by atoms with Crippen LogP contribution in [0.3, 0.4) is 0 Å². The molecular formula is C12H22N2O. The zero-order chi connectivity index (χ0) is 11.3. The van der Waals surface area contributed by atoms with Crippen molar-refractivity contribution in [1.82, 2.24) is 9.80 Å². The molecule has 0 aliphatic carbocycles. The highest BCUT2D eigenvalue weighted by molar-refractivity contribution is 5.87. The van der Waals surface area contributed by atoms with Gasteiger partial charge in [0.1, 0.15) is 0 Å². The third-order valence-corrected chi connectivity index (χ3v) is 3.28. The molecule has 1 aliphatic heterocycles. The van der Waals surface area contributed by atoms with Crippen LogP contribution in [0.5, 0.6) is 0 Å². The summed E-state index contributed by atoms with van der Waals surface area (Å²) in [5.41, 5.74) is 0. The SMILES string of the molecule is C=CC(=O)N1CCC(N(CC)CC)CC1. The highest BCUT2D eigenvalue weighted by atomic mass is 16.2. The standard InChI is InChI=1S/C12H22N2O/c1-4-12(15)14-9-7-11(8-10-14)13(5-2)6-3/h4,11H,1,5-10H2,2-3H3. The number of likely N-dealkylation sites (tertiary alicyclic amines) is 1. The first-order valence-electron chi connectivity index (χ1n) is 5.88. The lowest BCUT2D eigenvalue weighted by atomic mass is 10.0. The van der Waals surface area contributed by atoms with E-state index in [4.69, 9.17) is 0 Å². The number of carbonyl (C=O) groups excluding carboxylic acids is 1. The average Bonchev–Trinajstić information content (AvgIpc) is 2.30. The molecule has 0 saturated carbocycles. The topological polar surface area (TPSA) is 23.6 Å². The van der Waals surface area contributed by atoms with Gasteiger partial charge in [-0.2, -0.15) is 0 Å². The lowest BCUT2D eigenvalue weighted by molar-refractivity contribution is -0.127. The maximum absolute atomic E-state index is 11.4. The molecular weight excluding hydrogens is 188 g/mol. The minimum atomic E-state index is 0.0768. The Morgan fingerprint density at radius 3 is 2.33 bits per heavy atom. The van der Waals surface area contributed by atoms with Crippen molar-refractivity contribution in [3.8, 4) is 0 Å². The molecule has 1 amide bonds. The summed E-state index contributed by atoms with van der Waals surface area (Å²) in [4.78, 5) is 15.8. The molecule has 0 aromatic carbocycles. The smallest absolute Gasteiger partial charge is 0.245 e. The van der Waals surface area contributed by atoms with Crippen LogP contribution in [0.4, 0.5) is 0 Å². The first-order valence-corrected chi connectivity index (χ1v) is 5.88. The summed E-state index contributed by atoms with van der Waals surface area (Å²) in [7, 11) is 0. The van der Waals surface area contributed by atoms with Crippen molar-refractivity contribution < 1.29 is 4.79 Å². The summed E-state index contributed by atoms with van der Waals surface area (Å²) < 4.78 is 0. The van der Waals surface area contributed by atoms with Crippen LogP contribution in [0.2, 0.25) is 0 Å². The zero-order valence-electron chi connectivity index (χ0n) is 9.91. The summed E-state index contributed by atoms with van der Waals surface area (Å²) in [6.07, 6.45) is 3.61. The number of carbonyl (C=O) groups is 1. The van der Waals surface area contributed by atoms with Gasteiger partial charge in [-0.3, -0.25) is 4.79 Å². The van der Waals surface area contributed by atoms with Crippen LogP contribution >= 0.6 is 0 Å². The number of hydrogen-bond donors (Lipinski definition) is 0. The van der Waals surface area contributed by atoms with Gasteiger partial charge in [-0.05, 0) is 32.0 Å². The summed E-state index contributed by atoms with van der Waals surface area (Å²) >= 11 is 0. The highest BCUT2D eigenvalue weighted by Crippen LogP contribution is 2.16. The number of amides is 1. The van der Waals surface area contributed by atoms with Gasteiger partial charge in [0.2, 0.25) is 5.91 Å². The van der Waals surface area contributed by atoms with Gasteiger partial charge in [-0.15, -0.1) is 0 Å². The molecule has 0 aromatic heterocycles. The van der Waals surface area contributed by atoms with Crippen LogP contribution in [0.25, 0.3) is 0 Å². The van der Waals surface area contributed by atoms with Crippen LogP contribution in [-0.4, -0.2) is 47.9 Å².